The Labute approximate surface area is 180 Å². The van der Waals surface area contributed by atoms with E-state index < -0.39 is 10.0 Å². The Morgan fingerprint density at radius 2 is 1.76 bits per heavy atom. The molecule has 2 aromatic rings. The second-order valence-corrected chi connectivity index (χ2v) is 9.54. The zero-order valence-electron chi connectivity index (χ0n) is 15.9. The van der Waals surface area contributed by atoms with Crippen LogP contribution in [-0.4, -0.2) is 38.8 Å². The van der Waals surface area contributed by atoms with E-state index in [1.54, 1.807) is 13.2 Å². The zero-order valence-corrected chi connectivity index (χ0v) is 18.2. The van der Waals surface area contributed by atoms with Gasteiger partial charge in [0.1, 0.15) is 4.90 Å². The molecule has 9 heteroatoms. The molecule has 1 heterocycles. The highest BCUT2D eigenvalue weighted by atomic mass is 35.5. The highest BCUT2D eigenvalue weighted by Gasteiger charge is 2.34. The van der Waals surface area contributed by atoms with Crippen molar-refractivity contribution in [1.82, 2.24) is 4.31 Å². The topological polar surface area (TPSA) is 75.7 Å². The minimum absolute atomic E-state index is 0.0822. The fourth-order valence-electron chi connectivity index (χ4n) is 3.37. The third-order valence-corrected chi connectivity index (χ3v) is 7.70. The van der Waals surface area contributed by atoms with Crippen LogP contribution in [0.15, 0.2) is 47.4 Å². The average Bonchev–Trinajstić information content (AvgIpc) is 2.68. The van der Waals surface area contributed by atoms with Crippen LogP contribution in [0.3, 0.4) is 0 Å². The van der Waals surface area contributed by atoms with Crippen LogP contribution in [0, 0.1) is 5.92 Å². The maximum atomic E-state index is 12.9. The van der Waals surface area contributed by atoms with Crippen LogP contribution < -0.4 is 5.32 Å². The number of sulfonamides is 1. The van der Waals surface area contributed by atoms with Crippen molar-refractivity contribution in [3.63, 3.8) is 0 Å². The molecule has 0 radical (unpaired) electrons. The van der Waals surface area contributed by atoms with Crippen molar-refractivity contribution >= 4 is 44.8 Å². The van der Waals surface area contributed by atoms with Gasteiger partial charge in [-0.05, 0) is 42.7 Å². The molecule has 156 valence electrons. The molecule has 29 heavy (non-hydrogen) atoms. The third kappa shape index (κ3) is 5.10. The number of anilines is 1. The number of amides is 1. The molecule has 1 N–H and O–H groups in total. The van der Waals surface area contributed by atoms with E-state index in [0.29, 0.717) is 25.1 Å². The van der Waals surface area contributed by atoms with Crippen molar-refractivity contribution in [1.29, 1.82) is 0 Å². The lowest BCUT2D eigenvalue weighted by Gasteiger charge is -2.31. The summed E-state index contributed by atoms with van der Waals surface area (Å²) in [6, 6.07) is 12.0. The number of nitrogens with one attached hydrogen (secondary N) is 1. The number of rotatable bonds is 6. The first-order chi connectivity index (χ1) is 13.8. The first kappa shape index (κ1) is 22.1. The van der Waals surface area contributed by atoms with Gasteiger partial charge in [0.15, 0.2) is 0 Å². The summed E-state index contributed by atoms with van der Waals surface area (Å²) in [6.07, 6.45) is 0.843. The number of carbonyl (C=O) groups is 1. The minimum atomic E-state index is -3.82. The first-order valence-corrected chi connectivity index (χ1v) is 11.4. The Morgan fingerprint density at radius 1 is 1.14 bits per heavy atom. The van der Waals surface area contributed by atoms with E-state index in [2.05, 4.69) is 5.32 Å². The van der Waals surface area contributed by atoms with Crippen molar-refractivity contribution in [3.05, 3.63) is 58.1 Å². The Bertz CT molecular complexity index is 969. The van der Waals surface area contributed by atoms with Crippen molar-refractivity contribution in [2.45, 2.75) is 24.3 Å². The molecule has 1 aliphatic rings. The second kappa shape index (κ2) is 9.45. The van der Waals surface area contributed by atoms with E-state index in [0.717, 1.165) is 5.56 Å². The number of nitrogens with zero attached hydrogens (tertiary/aromatic N) is 1. The van der Waals surface area contributed by atoms with Crippen molar-refractivity contribution in [2.75, 3.05) is 25.5 Å². The Balaban J connectivity index is 1.64. The number of benzene rings is 2. The molecule has 2 aromatic carbocycles. The lowest BCUT2D eigenvalue weighted by atomic mass is 9.97. The lowest BCUT2D eigenvalue weighted by Crippen LogP contribution is -2.41. The van der Waals surface area contributed by atoms with Crippen LogP contribution in [0.2, 0.25) is 10.0 Å². The average molecular weight is 457 g/mol. The van der Waals surface area contributed by atoms with E-state index in [1.807, 2.05) is 24.3 Å². The highest BCUT2D eigenvalue weighted by Crippen LogP contribution is 2.33. The number of piperidine rings is 1. The van der Waals surface area contributed by atoms with Crippen LogP contribution in [-0.2, 0) is 26.2 Å². The van der Waals surface area contributed by atoms with Crippen molar-refractivity contribution in [2.24, 2.45) is 5.92 Å². The van der Waals surface area contributed by atoms with Gasteiger partial charge in [0, 0.05) is 31.8 Å². The van der Waals surface area contributed by atoms with Crippen molar-refractivity contribution < 1.29 is 17.9 Å². The van der Waals surface area contributed by atoms with Gasteiger partial charge in [-0.25, -0.2) is 8.42 Å². The summed E-state index contributed by atoms with van der Waals surface area (Å²) in [5, 5.41) is 3.09. The predicted octanol–water partition coefficient (Wildman–Crippen LogP) is 4.18. The molecule has 1 aliphatic heterocycles. The number of hydrogen-bond donors (Lipinski definition) is 1. The summed E-state index contributed by atoms with van der Waals surface area (Å²) in [5.74, 6) is -0.387. The maximum absolute atomic E-state index is 12.9. The predicted molar refractivity (Wildman–Crippen MR) is 114 cm³/mol. The van der Waals surface area contributed by atoms with Crippen LogP contribution in [0.1, 0.15) is 18.4 Å². The molecule has 0 unspecified atom stereocenters. The van der Waals surface area contributed by atoms with Gasteiger partial charge in [0.25, 0.3) is 0 Å². The van der Waals surface area contributed by atoms with Crippen LogP contribution >= 0.6 is 23.2 Å². The summed E-state index contributed by atoms with van der Waals surface area (Å²) in [4.78, 5) is 12.5. The lowest BCUT2D eigenvalue weighted by molar-refractivity contribution is -0.120. The fraction of sp³-hybridized carbons (Fsp3) is 0.350. The second-order valence-electron chi connectivity index (χ2n) is 6.85. The Morgan fingerprint density at radius 3 is 2.38 bits per heavy atom. The van der Waals surface area contributed by atoms with E-state index in [1.165, 1.54) is 16.4 Å². The number of hydrogen-bond acceptors (Lipinski definition) is 4. The van der Waals surface area contributed by atoms with Crippen LogP contribution in [0.25, 0.3) is 0 Å². The van der Waals surface area contributed by atoms with Gasteiger partial charge in [0.2, 0.25) is 15.9 Å². The summed E-state index contributed by atoms with van der Waals surface area (Å²) >= 11 is 12.1. The smallest absolute Gasteiger partial charge is 0.246 e. The van der Waals surface area contributed by atoms with Gasteiger partial charge < -0.3 is 10.1 Å². The molecular weight excluding hydrogens is 435 g/mol. The molecule has 0 aliphatic carbocycles. The van der Waals surface area contributed by atoms with E-state index >= 15 is 0 Å². The molecule has 0 spiro atoms. The first-order valence-electron chi connectivity index (χ1n) is 9.16. The molecule has 0 saturated carbocycles. The normalized spacial score (nSPS) is 16.0. The Hall–Kier alpha value is -1.64. The molecule has 0 aromatic heterocycles. The zero-order chi connectivity index (χ0) is 21.0. The molecule has 1 saturated heterocycles. The van der Waals surface area contributed by atoms with Gasteiger partial charge >= 0.3 is 0 Å². The molecule has 1 fully saturated rings. The molecule has 0 bridgehead atoms. The molecule has 6 nitrogen and oxygen atoms in total. The standard InChI is InChI=1S/C20H22Cl2N2O4S/c1-28-13-14-4-2-5-16(12-14)23-20(25)15-8-10-24(11-9-15)29(26,27)19-17(21)6-3-7-18(19)22/h2-7,12,15H,8-11,13H2,1H3,(H,23,25). The maximum Gasteiger partial charge on any atom is 0.246 e. The highest BCUT2D eigenvalue weighted by molar-refractivity contribution is 7.89. The molecule has 3 rings (SSSR count). The molecule has 1 amide bonds. The number of carbonyl (C=O) groups excluding carboxylic acids is 1. The Kier molecular flexibility index (Phi) is 7.19. The summed E-state index contributed by atoms with van der Waals surface area (Å²) in [7, 11) is -2.21. The van der Waals surface area contributed by atoms with Gasteiger partial charge in [-0.2, -0.15) is 4.31 Å². The van der Waals surface area contributed by atoms with Gasteiger partial charge in [-0.3, -0.25) is 4.79 Å². The quantitative estimate of drug-likeness (QED) is 0.706. The van der Waals surface area contributed by atoms with E-state index in [9.17, 15) is 13.2 Å². The summed E-state index contributed by atoms with van der Waals surface area (Å²) in [6.45, 7) is 0.919. The minimum Gasteiger partial charge on any atom is -0.380 e. The van der Waals surface area contributed by atoms with E-state index in [4.69, 9.17) is 27.9 Å². The summed E-state index contributed by atoms with van der Waals surface area (Å²) < 4.78 is 32.3. The molecule has 0 atom stereocenters. The largest absolute Gasteiger partial charge is 0.380 e. The van der Waals surface area contributed by atoms with Gasteiger partial charge in [-0.15, -0.1) is 0 Å². The van der Waals surface area contributed by atoms with Crippen LogP contribution in [0.5, 0.6) is 0 Å². The SMILES string of the molecule is COCc1cccc(NC(=O)C2CCN(S(=O)(=O)c3c(Cl)cccc3Cl)CC2)c1. The number of ether oxygens (including phenoxy) is 1. The third-order valence-electron chi connectivity index (χ3n) is 4.85. The van der Waals surface area contributed by atoms with Crippen LogP contribution in [0.4, 0.5) is 5.69 Å². The molecular formula is C20H22Cl2N2O4S. The van der Waals surface area contributed by atoms with Gasteiger partial charge in [-0.1, -0.05) is 41.4 Å². The van der Waals surface area contributed by atoms with E-state index in [-0.39, 0.29) is 39.9 Å². The van der Waals surface area contributed by atoms with Crippen molar-refractivity contribution in [3.8, 4) is 0 Å². The monoisotopic (exact) mass is 456 g/mol. The summed E-state index contributed by atoms with van der Waals surface area (Å²) in [5.41, 5.74) is 1.66. The van der Waals surface area contributed by atoms with Gasteiger partial charge in [0.05, 0.1) is 16.7 Å². The fourth-order valence-corrected chi connectivity index (χ4v) is 5.93. The number of halogens is 2. The number of methoxy groups -OCH3 is 1.